The van der Waals surface area contributed by atoms with Gasteiger partial charge >= 0.3 is 7.60 Å². The maximum absolute atomic E-state index is 12.5. The highest BCUT2D eigenvalue weighted by atomic mass is 31.2. The van der Waals surface area contributed by atoms with Crippen molar-refractivity contribution in [1.82, 2.24) is 9.55 Å². The second kappa shape index (κ2) is 7.25. The van der Waals surface area contributed by atoms with E-state index >= 15 is 0 Å². The Balaban J connectivity index is 1.79. The highest BCUT2D eigenvalue weighted by Gasteiger charge is 2.30. The molecule has 0 spiro atoms. The Bertz CT molecular complexity index is 1060. The Morgan fingerprint density at radius 2 is 1.85 bits per heavy atom. The summed E-state index contributed by atoms with van der Waals surface area (Å²) in [6.07, 6.45) is 0. The van der Waals surface area contributed by atoms with Gasteiger partial charge in [-0.05, 0) is 12.1 Å². The maximum atomic E-state index is 12.5. The Hall–Kier alpha value is -2.73. The third kappa shape index (κ3) is 3.60. The van der Waals surface area contributed by atoms with Gasteiger partial charge in [0, 0.05) is 12.6 Å². The van der Waals surface area contributed by atoms with E-state index in [9.17, 15) is 14.3 Å². The molecule has 1 aromatic heterocycles. The fourth-order valence-corrected chi connectivity index (χ4v) is 3.33. The van der Waals surface area contributed by atoms with Gasteiger partial charge in [-0.2, -0.15) is 0 Å². The van der Waals surface area contributed by atoms with Crippen molar-refractivity contribution in [3.63, 3.8) is 0 Å². The summed E-state index contributed by atoms with van der Waals surface area (Å²) in [6.45, 7) is 3.19. The molecule has 1 N–H and O–H groups in total. The third-order valence-corrected chi connectivity index (χ3v) is 5.07. The fourth-order valence-electron chi connectivity index (χ4n) is 2.39. The van der Waals surface area contributed by atoms with Crippen molar-refractivity contribution in [2.75, 3.05) is 6.79 Å². The predicted molar refractivity (Wildman–Crippen MR) is 99.0 cm³/mol. The molecule has 134 valence electrons. The molecule has 1 atom stereocenters. The number of nitrogens with zero attached hydrogens (tertiary/aromatic N) is 2. The summed E-state index contributed by atoms with van der Waals surface area (Å²) in [5, 5.41) is 0. The molecule has 0 saturated heterocycles. The molecule has 1 heterocycles. The number of para-hydroxylation sites is 2. The lowest BCUT2D eigenvalue weighted by Gasteiger charge is -2.14. The van der Waals surface area contributed by atoms with Crippen molar-refractivity contribution in [2.45, 2.75) is 0 Å². The predicted octanol–water partition coefficient (Wildman–Crippen LogP) is 2.41. The molecule has 2 aromatic carbocycles. The van der Waals surface area contributed by atoms with Crippen LogP contribution >= 0.6 is 7.60 Å². The summed E-state index contributed by atoms with van der Waals surface area (Å²) in [4.78, 5) is 26.6. The van der Waals surface area contributed by atoms with Crippen LogP contribution in [0.5, 0.6) is 0 Å². The molecule has 7 nitrogen and oxygen atoms in total. The number of hydrogen-bond donors (Lipinski definition) is 1. The second-order valence-corrected chi connectivity index (χ2v) is 7.21. The topological polar surface area (TPSA) is 90.7 Å². The zero-order valence-electron chi connectivity index (χ0n) is 14.0. The van der Waals surface area contributed by atoms with Crippen LogP contribution in [0.4, 0.5) is 0 Å². The van der Waals surface area contributed by atoms with Crippen LogP contribution in [0.3, 0.4) is 0 Å². The molecule has 8 heteroatoms. The zero-order chi connectivity index (χ0) is 18.7. The summed E-state index contributed by atoms with van der Waals surface area (Å²) in [6, 6.07) is 15.8. The summed E-state index contributed by atoms with van der Waals surface area (Å²) in [5.41, 5.74) is 0.430. The number of benzene rings is 2. The van der Waals surface area contributed by atoms with E-state index in [0.717, 1.165) is 0 Å². The third-order valence-electron chi connectivity index (χ3n) is 3.79. The van der Waals surface area contributed by atoms with Gasteiger partial charge in [-0.3, -0.25) is 13.9 Å². The van der Waals surface area contributed by atoms with Gasteiger partial charge in [0.05, 0.1) is 11.0 Å². The summed E-state index contributed by atoms with van der Waals surface area (Å²) in [5.74, 6) is 0.282. The minimum atomic E-state index is -4.47. The van der Waals surface area contributed by atoms with Crippen molar-refractivity contribution in [3.8, 4) is 0 Å². The van der Waals surface area contributed by atoms with Crippen LogP contribution < -0.4 is 11.0 Å². The van der Waals surface area contributed by atoms with Crippen molar-refractivity contribution in [1.29, 1.82) is 0 Å². The number of fused-ring (bicyclic) bond motifs is 1. The Morgan fingerprint density at radius 1 is 1.19 bits per heavy atom. The molecule has 3 aromatic rings. The molecule has 0 radical (unpaired) electrons. The van der Waals surface area contributed by atoms with Crippen molar-refractivity contribution in [3.05, 3.63) is 77.1 Å². The van der Waals surface area contributed by atoms with Crippen LogP contribution in [0.25, 0.3) is 16.8 Å². The van der Waals surface area contributed by atoms with Gasteiger partial charge in [0.25, 0.3) is 5.56 Å². The van der Waals surface area contributed by atoms with Crippen LogP contribution in [0.2, 0.25) is 0 Å². The molecule has 3 rings (SSSR count). The van der Waals surface area contributed by atoms with Gasteiger partial charge in [-0.1, -0.05) is 49.0 Å². The Kier molecular flexibility index (Phi) is 5.04. The maximum Gasteiger partial charge on any atom is 0.385 e. The molecule has 0 saturated carbocycles. The van der Waals surface area contributed by atoms with E-state index in [0.29, 0.717) is 16.6 Å². The van der Waals surface area contributed by atoms with Crippen LogP contribution in [-0.2, 0) is 20.9 Å². The van der Waals surface area contributed by atoms with Crippen LogP contribution in [0, 0.1) is 0 Å². The molecule has 0 amide bonds. The molecule has 0 aliphatic rings. The average molecular weight is 372 g/mol. The number of aromatic nitrogens is 2. The number of aryl methyl sites for hydroxylation is 1. The molecular formula is C18H17N2O5P. The monoisotopic (exact) mass is 372 g/mol. The van der Waals surface area contributed by atoms with E-state index in [1.165, 1.54) is 11.6 Å². The van der Waals surface area contributed by atoms with Crippen molar-refractivity contribution in [2.24, 2.45) is 7.05 Å². The lowest BCUT2D eigenvalue weighted by molar-refractivity contribution is 0.0871. The number of rotatable bonds is 6. The van der Waals surface area contributed by atoms with Gasteiger partial charge < -0.3 is 14.2 Å². The molecule has 0 aliphatic heterocycles. The minimum Gasteiger partial charge on any atom is -0.467 e. The first-order chi connectivity index (χ1) is 12.4. The molecule has 0 fully saturated rings. The second-order valence-electron chi connectivity index (χ2n) is 5.49. The van der Waals surface area contributed by atoms with Gasteiger partial charge in [0.1, 0.15) is 5.76 Å². The molecular weight excluding hydrogens is 355 g/mol. The van der Waals surface area contributed by atoms with Gasteiger partial charge in [-0.25, -0.2) is 4.98 Å². The molecule has 26 heavy (non-hydrogen) atoms. The summed E-state index contributed by atoms with van der Waals surface area (Å²) in [7, 11) is -2.97. The molecule has 0 bridgehead atoms. The van der Waals surface area contributed by atoms with E-state index in [1.54, 1.807) is 36.4 Å². The first-order valence-corrected chi connectivity index (χ1v) is 9.29. The van der Waals surface area contributed by atoms with Crippen LogP contribution in [0.1, 0.15) is 5.56 Å². The van der Waals surface area contributed by atoms with Crippen molar-refractivity contribution < 1.29 is 18.7 Å². The lowest BCUT2D eigenvalue weighted by atomic mass is 10.2. The van der Waals surface area contributed by atoms with E-state index < -0.39 is 25.4 Å². The minimum absolute atomic E-state index is 0.282. The first-order valence-electron chi connectivity index (χ1n) is 7.71. The van der Waals surface area contributed by atoms with Crippen LogP contribution in [0.15, 0.2) is 66.0 Å². The van der Waals surface area contributed by atoms with E-state index in [2.05, 4.69) is 11.6 Å². The quantitative estimate of drug-likeness (QED) is 0.406. The average Bonchev–Trinajstić information content (AvgIpc) is 2.65. The Morgan fingerprint density at radius 3 is 2.58 bits per heavy atom. The SMILES string of the molecule is C=C(OCOP(=O)(O)c1nc2ccccc2n(C)c1=O)c1ccccc1. The lowest BCUT2D eigenvalue weighted by Crippen LogP contribution is -2.36. The number of ether oxygens (including phenoxy) is 1. The van der Waals surface area contributed by atoms with Crippen molar-refractivity contribution >= 4 is 29.8 Å². The highest BCUT2D eigenvalue weighted by molar-refractivity contribution is 7.60. The Labute approximate surface area is 149 Å². The van der Waals surface area contributed by atoms with Gasteiger partial charge in [0.2, 0.25) is 5.44 Å². The van der Waals surface area contributed by atoms with Gasteiger partial charge in [-0.15, -0.1) is 0 Å². The smallest absolute Gasteiger partial charge is 0.385 e. The van der Waals surface area contributed by atoms with E-state index in [4.69, 9.17) is 9.26 Å². The molecule has 1 unspecified atom stereocenters. The van der Waals surface area contributed by atoms with Gasteiger partial charge in [0.15, 0.2) is 6.79 Å². The van der Waals surface area contributed by atoms with E-state index in [1.807, 2.05) is 18.2 Å². The highest BCUT2D eigenvalue weighted by Crippen LogP contribution is 2.39. The van der Waals surface area contributed by atoms with Crippen LogP contribution in [-0.4, -0.2) is 21.2 Å². The number of hydrogen-bond acceptors (Lipinski definition) is 5. The largest absolute Gasteiger partial charge is 0.467 e. The standard InChI is InChI=1S/C18H17N2O5P/c1-13(14-8-4-3-5-9-14)24-12-25-26(22,23)17-18(21)20(2)16-11-7-6-10-15(16)19-17/h3-11H,1,12H2,2H3,(H,22,23). The molecule has 0 aliphatic carbocycles. The normalized spacial score (nSPS) is 13.3. The summed E-state index contributed by atoms with van der Waals surface area (Å²) >= 11 is 0. The fraction of sp³-hybridized carbons (Fsp3) is 0.111. The van der Waals surface area contributed by atoms with E-state index in [-0.39, 0.29) is 5.76 Å². The zero-order valence-corrected chi connectivity index (χ0v) is 14.9. The summed E-state index contributed by atoms with van der Waals surface area (Å²) < 4.78 is 24.0. The first kappa shape index (κ1) is 18.1.